The van der Waals surface area contributed by atoms with Gasteiger partial charge in [-0.2, -0.15) is 0 Å². The van der Waals surface area contributed by atoms with Crippen molar-refractivity contribution >= 4 is 0 Å². The van der Waals surface area contributed by atoms with Crippen LogP contribution in [0.4, 0.5) is 0 Å². The summed E-state index contributed by atoms with van der Waals surface area (Å²) < 4.78 is 16.9. The van der Waals surface area contributed by atoms with Crippen molar-refractivity contribution < 1.29 is 13.9 Å². The predicted octanol–water partition coefficient (Wildman–Crippen LogP) is 4.49. The Labute approximate surface area is 141 Å². The van der Waals surface area contributed by atoms with E-state index >= 15 is 0 Å². The van der Waals surface area contributed by atoms with Gasteiger partial charge >= 0.3 is 0 Å². The minimum absolute atomic E-state index is 0.232. The SMILES string of the molecule is CCCCOc1ccc(OCc2nnc(-c3ccccc3)o2)cc1. The van der Waals surface area contributed by atoms with Gasteiger partial charge in [0.25, 0.3) is 5.89 Å². The molecule has 24 heavy (non-hydrogen) atoms. The maximum Gasteiger partial charge on any atom is 0.254 e. The highest BCUT2D eigenvalue weighted by atomic mass is 16.5. The second-order valence-corrected chi connectivity index (χ2v) is 5.33. The number of ether oxygens (including phenoxy) is 2. The highest BCUT2D eigenvalue weighted by Crippen LogP contribution is 2.20. The summed E-state index contributed by atoms with van der Waals surface area (Å²) in [6.45, 7) is 3.11. The molecule has 5 nitrogen and oxygen atoms in total. The Morgan fingerprint density at radius 1 is 0.875 bits per heavy atom. The minimum Gasteiger partial charge on any atom is -0.494 e. The molecule has 0 aliphatic rings. The van der Waals surface area contributed by atoms with Gasteiger partial charge in [0.15, 0.2) is 6.61 Å². The lowest BCUT2D eigenvalue weighted by Gasteiger charge is -2.07. The van der Waals surface area contributed by atoms with E-state index in [4.69, 9.17) is 13.9 Å². The Bertz CT molecular complexity index is 739. The zero-order chi connectivity index (χ0) is 16.6. The van der Waals surface area contributed by atoms with E-state index in [1.165, 1.54) is 0 Å². The van der Waals surface area contributed by atoms with Gasteiger partial charge < -0.3 is 13.9 Å². The van der Waals surface area contributed by atoms with Gasteiger partial charge in [-0.3, -0.25) is 0 Å². The second kappa shape index (κ2) is 8.15. The number of benzene rings is 2. The molecule has 0 unspecified atom stereocenters. The highest BCUT2D eigenvalue weighted by Gasteiger charge is 2.08. The molecule has 5 heteroatoms. The van der Waals surface area contributed by atoms with Gasteiger partial charge in [-0.25, -0.2) is 0 Å². The summed E-state index contributed by atoms with van der Waals surface area (Å²) in [5.74, 6) is 2.52. The number of unbranched alkanes of at least 4 members (excludes halogenated alkanes) is 1. The van der Waals surface area contributed by atoms with E-state index in [1.807, 2.05) is 54.6 Å². The van der Waals surface area contributed by atoms with E-state index in [-0.39, 0.29) is 6.61 Å². The van der Waals surface area contributed by atoms with E-state index in [0.29, 0.717) is 11.8 Å². The monoisotopic (exact) mass is 324 g/mol. The number of aromatic nitrogens is 2. The van der Waals surface area contributed by atoms with Crippen molar-refractivity contribution in [2.45, 2.75) is 26.4 Å². The summed E-state index contributed by atoms with van der Waals surface area (Å²) >= 11 is 0. The zero-order valence-corrected chi connectivity index (χ0v) is 13.6. The van der Waals surface area contributed by atoms with Crippen LogP contribution < -0.4 is 9.47 Å². The van der Waals surface area contributed by atoms with Crippen molar-refractivity contribution in [2.75, 3.05) is 6.61 Å². The normalized spacial score (nSPS) is 10.5. The van der Waals surface area contributed by atoms with E-state index in [9.17, 15) is 0 Å². The maximum atomic E-state index is 5.67. The summed E-state index contributed by atoms with van der Waals surface area (Å²) in [5.41, 5.74) is 0.893. The van der Waals surface area contributed by atoms with Crippen LogP contribution in [0, 0.1) is 0 Å². The Hall–Kier alpha value is -2.82. The third kappa shape index (κ3) is 4.35. The Balaban J connectivity index is 1.53. The molecule has 0 saturated carbocycles. The molecule has 124 valence electrons. The summed E-state index contributed by atoms with van der Waals surface area (Å²) in [7, 11) is 0. The summed E-state index contributed by atoms with van der Waals surface area (Å²) in [6, 6.07) is 17.2. The fourth-order valence-corrected chi connectivity index (χ4v) is 2.12. The van der Waals surface area contributed by atoms with Gasteiger partial charge in [-0.15, -0.1) is 10.2 Å². The number of hydrogen-bond acceptors (Lipinski definition) is 5. The molecule has 2 aromatic carbocycles. The first-order valence-corrected chi connectivity index (χ1v) is 8.08. The molecular formula is C19H20N2O3. The summed E-state index contributed by atoms with van der Waals surface area (Å²) in [5, 5.41) is 8.05. The Kier molecular flexibility index (Phi) is 5.45. The van der Waals surface area contributed by atoms with Crippen LogP contribution in [-0.4, -0.2) is 16.8 Å². The molecule has 0 bridgehead atoms. The quantitative estimate of drug-likeness (QED) is 0.571. The van der Waals surface area contributed by atoms with Gasteiger partial charge in [0.05, 0.1) is 6.61 Å². The van der Waals surface area contributed by atoms with Crippen molar-refractivity contribution in [3.63, 3.8) is 0 Å². The number of rotatable bonds is 8. The van der Waals surface area contributed by atoms with Crippen LogP contribution in [0.2, 0.25) is 0 Å². The van der Waals surface area contributed by atoms with E-state index in [0.717, 1.165) is 36.5 Å². The summed E-state index contributed by atoms with van der Waals surface area (Å²) in [4.78, 5) is 0. The lowest BCUT2D eigenvalue weighted by Crippen LogP contribution is -1.97. The van der Waals surface area contributed by atoms with E-state index in [1.54, 1.807) is 0 Å². The Morgan fingerprint density at radius 2 is 1.58 bits per heavy atom. The minimum atomic E-state index is 0.232. The van der Waals surface area contributed by atoms with E-state index in [2.05, 4.69) is 17.1 Å². The number of nitrogens with zero attached hydrogens (tertiary/aromatic N) is 2. The van der Waals surface area contributed by atoms with Crippen LogP contribution in [0.15, 0.2) is 59.0 Å². The highest BCUT2D eigenvalue weighted by molar-refractivity contribution is 5.51. The fourth-order valence-electron chi connectivity index (χ4n) is 2.12. The molecule has 0 spiro atoms. The zero-order valence-electron chi connectivity index (χ0n) is 13.6. The van der Waals surface area contributed by atoms with Gasteiger partial charge in [0.2, 0.25) is 5.89 Å². The molecule has 0 saturated heterocycles. The van der Waals surface area contributed by atoms with Crippen LogP contribution in [-0.2, 0) is 6.61 Å². The fraction of sp³-hybridized carbons (Fsp3) is 0.263. The molecule has 0 N–H and O–H groups in total. The van der Waals surface area contributed by atoms with Gasteiger partial charge in [0, 0.05) is 5.56 Å². The van der Waals surface area contributed by atoms with Crippen molar-refractivity contribution in [2.24, 2.45) is 0 Å². The van der Waals surface area contributed by atoms with Crippen LogP contribution in [0.1, 0.15) is 25.7 Å². The van der Waals surface area contributed by atoms with Crippen molar-refractivity contribution in [1.82, 2.24) is 10.2 Å². The topological polar surface area (TPSA) is 57.4 Å². The molecule has 1 aromatic heterocycles. The predicted molar refractivity (Wildman–Crippen MR) is 90.9 cm³/mol. The van der Waals surface area contributed by atoms with E-state index < -0.39 is 0 Å². The molecule has 0 aliphatic carbocycles. The average molecular weight is 324 g/mol. The van der Waals surface area contributed by atoms with Crippen molar-refractivity contribution in [3.05, 3.63) is 60.5 Å². The van der Waals surface area contributed by atoms with Gasteiger partial charge in [-0.1, -0.05) is 31.5 Å². The first-order valence-electron chi connectivity index (χ1n) is 8.08. The molecule has 0 amide bonds. The molecule has 0 radical (unpaired) electrons. The molecule has 3 aromatic rings. The van der Waals surface area contributed by atoms with Gasteiger partial charge in [-0.05, 0) is 42.8 Å². The molecule has 0 aliphatic heterocycles. The summed E-state index contributed by atoms with van der Waals surface area (Å²) in [6.07, 6.45) is 2.18. The van der Waals surface area contributed by atoms with Crippen LogP contribution >= 0.6 is 0 Å². The Morgan fingerprint density at radius 3 is 2.29 bits per heavy atom. The third-order valence-electron chi connectivity index (χ3n) is 3.44. The van der Waals surface area contributed by atoms with Crippen LogP contribution in [0.3, 0.4) is 0 Å². The van der Waals surface area contributed by atoms with Crippen molar-refractivity contribution in [1.29, 1.82) is 0 Å². The first kappa shape index (κ1) is 16.1. The lowest BCUT2D eigenvalue weighted by atomic mass is 10.2. The molecule has 0 atom stereocenters. The van der Waals surface area contributed by atoms with Crippen LogP contribution in [0.5, 0.6) is 11.5 Å². The molecule has 0 fully saturated rings. The average Bonchev–Trinajstić information content (AvgIpc) is 3.11. The molecule has 3 rings (SSSR count). The first-order chi connectivity index (χ1) is 11.8. The standard InChI is InChI=1S/C19H20N2O3/c1-2-3-13-22-16-9-11-17(12-10-16)23-14-18-20-21-19(24-18)15-7-5-4-6-8-15/h4-12H,2-3,13-14H2,1H3. The maximum absolute atomic E-state index is 5.67. The smallest absolute Gasteiger partial charge is 0.254 e. The molecule has 1 heterocycles. The molecular weight excluding hydrogens is 304 g/mol. The van der Waals surface area contributed by atoms with Crippen molar-refractivity contribution in [3.8, 4) is 23.0 Å². The lowest BCUT2D eigenvalue weighted by molar-refractivity contribution is 0.263. The largest absolute Gasteiger partial charge is 0.494 e. The third-order valence-corrected chi connectivity index (χ3v) is 3.44. The van der Waals surface area contributed by atoms with Crippen LogP contribution in [0.25, 0.3) is 11.5 Å². The van der Waals surface area contributed by atoms with Gasteiger partial charge in [0.1, 0.15) is 11.5 Å². The number of hydrogen-bond donors (Lipinski definition) is 0. The second-order valence-electron chi connectivity index (χ2n) is 5.33.